The van der Waals surface area contributed by atoms with Gasteiger partial charge in [-0.3, -0.25) is 4.79 Å². The summed E-state index contributed by atoms with van der Waals surface area (Å²) in [6.45, 7) is 14.8. The third-order valence-corrected chi connectivity index (χ3v) is 4.73. The molecular formula is C22H38N2O3. The number of hydrogen-bond acceptors (Lipinski definition) is 4. The molecule has 154 valence electrons. The molecule has 1 rings (SSSR count). The maximum Gasteiger partial charge on any atom is 0.256 e. The predicted molar refractivity (Wildman–Crippen MR) is 113 cm³/mol. The number of ether oxygens (including phenoxy) is 2. The van der Waals surface area contributed by atoms with Crippen LogP contribution in [0.15, 0.2) is 24.3 Å². The highest BCUT2D eigenvalue weighted by molar-refractivity contribution is 5.97. The first-order valence-electron chi connectivity index (χ1n) is 10.4. The Kier molecular flexibility index (Phi) is 11.1. The topological polar surface area (TPSA) is 50.8 Å². The predicted octanol–water partition coefficient (Wildman–Crippen LogP) is 4.72. The van der Waals surface area contributed by atoms with Crippen LogP contribution in [0, 0.1) is 0 Å². The van der Waals surface area contributed by atoms with Gasteiger partial charge in [-0.15, -0.1) is 0 Å². The smallest absolute Gasteiger partial charge is 0.256 e. The van der Waals surface area contributed by atoms with Crippen molar-refractivity contribution in [3.05, 3.63) is 24.3 Å². The first-order chi connectivity index (χ1) is 13.0. The van der Waals surface area contributed by atoms with Gasteiger partial charge in [-0.2, -0.15) is 0 Å². The van der Waals surface area contributed by atoms with Gasteiger partial charge in [0.15, 0.2) is 0 Å². The summed E-state index contributed by atoms with van der Waals surface area (Å²) in [6, 6.07) is 7.56. The SMILES string of the molecule is CCCO[C@](C)(CCC)C(=O)Nc1ccc(OCCCN(CC)CC)cc1. The molecule has 0 aliphatic rings. The lowest BCUT2D eigenvalue weighted by Crippen LogP contribution is -2.43. The summed E-state index contributed by atoms with van der Waals surface area (Å²) in [5.41, 5.74) is -0.0254. The molecule has 0 heterocycles. The molecule has 27 heavy (non-hydrogen) atoms. The Balaban J connectivity index is 2.51. The Morgan fingerprint density at radius 3 is 2.26 bits per heavy atom. The molecular weight excluding hydrogens is 340 g/mol. The molecule has 0 aliphatic heterocycles. The van der Waals surface area contributed by atoms with Crippen LogP contribution in [0.2, 0.25) is 0 Å². The van der Waals surface area contributed by atoms with Gasteiger partial charge in [-0.1, -0.05) is 34.1 Å². The summed E-state index contributed by atoms with van der Waals surface area (Å²) in [6.07, 6.45) is 3.50. The van der Waals surface area contributed by atoms with Crippen molar-refractivity contribution in [3.8, 4) is 5.75 Å². The van der Waals surface area contributed by atoms with Crippen LogP contribution in [-0.4, -0.2) is 49.3 Å². The van der Waals surface area contributed by atoms with Crippen molar-refractivity contribution in [2.75, 3.05) is 38.2 Å². The van der Waals surface area contributed by atoms with E-state index in [4.69, 9.17) is 9.47 Å². The van der Waals surface area contributed by atoms with E-state index >= 15 is 0 Å². The zero-order valence-corrected chi connectivity index (χ0v) is 17.8. The number of nitrogens with one attached hydrogen (secondary N) is 1. The molecule has 0 radical (unpaired) electrons. The average Bonchev–Trinajstić information content (AvgIpc) is 2.68. The highest BCUT2D eigenvalue weighted by atomic mass is 16.5. The van der Waals surface area contributed by atoms with Crippen LogP contribution in [0.5, 0.6) is 5.75 Å². The first-order valence-corrected chi connectivity index (χ1v) is 10.4. The average molecular weight is 379 g/mol. The molecule has 1 N–H and O–H groups in total. The number of nitrogens with zero attached hydrogens (tertiary/aromatic N) is 1. The van der Waals surface area contributed by atoms with Gasteiger partial charge in [0.25, 0.3) is 5.91 Å². The Labute approximate surface area is 165 Å². The minimum atomic E-state index is -0.787. The fourth-order valence-corrected chi connectivity index (χ4v) is 2.97. The van der Waals surface area contributed by atoms with Gasteiger partial charge in [0, 0.05) is 18.8 Å². The lowest BCUT2D eigenvalue weighted by Gasteiger charge is -2.28. The van der Waals surface area contributed by atoms with Crippen molar-refractivity contribution in [2.45, 2.75) is 65.9 Å². The molecule has 0 aromatic heterocycles. The fraction of sp³-hybridized carbons (Fsp3) is 0.682. The highest BCUT2D eigenvalue weighted by Gasteiger charge is 2.33. The van der Waals surface area contributed by atoms with E-state index in [1.807, 2.05) is 38.1 Å². The van der Waals surface area contributed by atoms with E-state index in [1.165, 1.54) is 0 Å². The van der Waals surface area contributed by atoms with Crippen molar-refractivity contribution in [2.24, 2.45) is 0 Å². The van der Waals surface area contributed by atoms with Crippen LogP contribution in [0.4, 0.5) is 5.69 Å². The minimum absolute atomic E-state index is 0.0920. The number of amides is 1. The minimum Gasteiger partial charge on any atom is -0.494 e. The second kappa shape index (κ2) is 12.7. The Hall–Kier alpha value is -1.59. The number of anilines is 1. The number of carbonyl (C=O) groups excluding carboxylic acids is 1. The van der Waals surface area contributed by atoms with Crippen LogP contribution in [0.3, 0.4) is 0 Å². The largest absolute Gasteiger partial charge is 0.494 e. The normalized spacial score (nSPS) is 13.4. The Morgan fingerprint density at radius 2 is 1.70 bits per heavy atom. The van der Waals surface area contributed by atoms with E-state index in [-0.39, 0.29) is 5.91 Å². The molecule has 0 saturated heterocycles. The number of benzene rings is 1. The molecule has 0 saturated carbocycles. The van der Waals surface area contributed by atoms with Gasteiger partial charge in [-0.05, 0) is 63.5 Å². The van der Waals surface area contributed by atoms with Gasteiger partial charge in [0.1, 0.15) is 11.4 Å². The third-order valence-electron chi connectivity index (χ3n) is 4.73. The van der Waals surface area contributed by atoms with Gasteiger partial charge in [0.2, 0.25) is 0 Å². The zero-order valence-electron chi connectivity index (χ0n) is 17.8. The van der Waals surface area contributed by atoms with Crippen molar-refractivity contribution in [1.82, 2.24) is 4.90 Å². The first kappa shape index (κ1) is 23.4. The molecule has 1 aromatic carbocycles. The van der Waals surface area contributed by atoms with Gasteiger partial charge in [0.05, 0.1) is 6.61 Å². The molecule has 1 atom stereocenters. The molecule has 5 heteroatoms. The quantitative estimate of drug-likeness (QED) is 0.476. The summed E-state index contributed by atoms with van der Waals surface area (Å²) < 4.78 is 11.6. The summed E-state index contributed by atoms with van der Waals surface area (Å²) >= 11 is 0. The summed E-state index contributed by atoms with van der Waals surface area (Å²) in [7, 11) is 0. The van der Waals surface area contributed by atoms with Crippen LogP contribution < -0.4 is 10.1 Å². The van der Waals surface area contributed by atoms with Crippen LogP contribution in [0.25, 0.3) is 0 Å². The van der Waals surface area contributed by atoms with Crippen molar-refractivity contribution in [3.63, 3.8) is 0 Å². The maximum absolute atomic E-state index is 12.7. The summed E-state index contributed by atoms with van der Waals surface area (Å²) in [4.78, 5) is 15.1. The van der Waals surface area contributed by atoms with Crippen LogP contribution in [0.1, 0.15) is 60.3 Å². The lowest BCUT2D eigenvalue weighted by molar-refractivity contribution is -0.140. The van der Waals surface area contributed by atoms with Gasteiger partial charge < -0.3 is 19.7 Å². The van der Waals surface area contributed by atoms with Gasteiger partial charge in [-0.25, -0.2) is 0 Å². The van der Waals surface area contributed by atoms with E-state index in [2.05, 4.69) is 31.0 Å². The summed E-state index contributed by atoms with van der Waals surface area (Å²) in [5.74, 6) is 0.733. The van der Waals surface area contributed by atoms with Crippen molar-refractivity contribution < 1.29 is 14.3 Å². The number of carbonyl (C=O) groups is 1. The second-order valence-corrected chi connectivity index (χ2v) is 7.04. The molecule has 0 unspecified atom stereocenters. The standard InChI is InChI=1S/C22H38N2O3/c1-6-15-22(5,27-17-7-2)21(25)23-19-11-13-20(14-12-19)26-18-10-16-24(8-3)9-4/h11-14H,6-10,15-18H2,1-5H3,(H,23,25)/t22-/m1/s1. The monoisotopic (exact) mass is 378 g/mol. The van der Waals surface area contributed by atoms with E-state index in [0.717, 1.165) is 50.3 Å². The van der Waals surface area contributed by atoms with Crippen molar-refractivity contribution >= 4 is 11.6 Å². The molecule has 5 nitrogen and oxygen atoms in total. The van der Waals surface area contributed by atoms with E-state index < -0.39 is 5.60 Å². The highest BCUT2D eigenvalue weighted by Crippen LogP contribution is 2.22. The molecule has 0 aliphatic carbocycles. The maximum atomic E-state index is 12.7. The fourth-order valence-electron chi connectivity index (χ4n) is 2.97. The van der Waals surface area contributed by atoms with Gasteiger partial charge >= 0.3 is 0 Å². The third kappa shape index (κ3) is 8.31. The molecule has 1 aromatic rings. The zero-order chi connectivity index (χ0) is 20.1. The molecule has 0 fully saturated rings. The number of hydrogen-bond donors (Lipinski definition) is 1. The molecule has 0 bridgehead atoms. The summed E-state index contributed by atoms with van der Waals surface area (Å²) in [5, 5.41) is 2.97. The molecule has 0 spiro atoms. The Morgan fingerprint density at radius 1 is 1.04 bits per heavy atom. The van der Waals surface area contributed by atoms with E-state index in [0.29, 0.717) is 19.6 Å². The van der Waals surface area contributed by atoms with E-state index in [9.17, 15) is 4.79 Å². The number of rotatable bonds is 14. The van der Waals surface area contributed by atoms with Crippen LogP contribution >= 0.6 is 0 Å². The molecule has 1 amide bonds. The van der Waals surface area contributed by atoms with E-state index in [1.54, 1.807) is 0 Å². The second-order valence-electron chi connectivity index (χ2n) is 7.04. The Bertz CT molecular complexity index is 529. The van der Waals surface area contributed by atoms with Crippen LogP contribution in [-0.2, 0) is 9.53 Å². The van der Waals surface area contributed by atoms with Crippen molar-refractivity contribution in [1.29, 1.82) is 0 Å². The lowest BCUT2D eigenvalue weighted by atomic mass is 9.99.